The first-order valence-electron chi connectivity index (χ1n) is 5.34. The quantitative estimate of drug-likeness (QED) is 0.771. The molecular weight excluding hydrogens is 350 g/mol. The number of nitrogens with zero attached hydrogens (tertiary/aromatic N) is 1. The number of piperidine rings is 1. The van der Waals surface area contributed by atoms with Gasteiger partial charge in [0.05, 0.1) is 5.56 Å². The van der Waals surface area contributed by atoms with Gasteiger partial charge in [-0.25, -0.2) is 0 Å². The van der Waals surface area contributed by atoms with Crippen LogP contribution in [0.2, 0.25) is 0 Å². The smallest absolute Gasteiger partial charge is 0.255 e. The first kappa shape index (κ1) is 12.8. The molecule has 17 heavy (non-hydrogen) atoms. The van der Waals surface area contributed by atoms with Gasteiger partial charge in [-0.2, -0.15) is 0 Å². The molecule has 1 heterocycles. The Morgan fingerprint density at radius 1 is 1.18 bits per heavy atom. The van der Waals surface area contributed by atoms with Crippen molar-refractivity contribution in [3.63, 3.8) is 0 Å². The van der Waals surface area contributed by atoms with Gasteiger partial charge in [-0.1, -0.05) is 15.9 Å². The lowest BCUT2D eigenvalue weighted by atomic mass is 10.1. The van der Waals surface area contributed by atoms with Crippen molar-refractivity contribution in [2.24, 2.45) is 0 Å². The monoisotopic (exact) mass is 359 g/mol. The van der Waals surface area contributed by atoms with Crippen LogP contribution in [0.4, 0.5) is 0 Å². The molecule has 0 aliphatic carbocycles. The maximum absolute atomic E-state index is 12.2. The lowest BCUT2D eigenvalue weighted by Gasteiger charge is -2.26. The normalized spacial score (nSPS) is 16.1. The summed E-state index contributed by atoms with van der Waals surface area (Å²) < 4.78 is 1.65. The Balaban J connectivity index is 2.19. The number of halogens is 2. The minimum Gasteiger partial charge on any atom is -0.338 e. The number of amides is 1. The Morgan fingerprint density at radius 3 is 2.47 bits per heavy atom. The number of hydrogen-bond donors (Lipinski definition) is 0. The summed E-state index contributed by atoms with van der Waals surface area (Å²) in [6.45, 7) is 1.05. The molecule has 0 aromatic heterocycles. The zero-order chi connectivity index (χ0) is 12.4. The van der Waals surface area contributed by atoms with E-state index in [1.807, 2.05) is 12.1 Å². The van der Waals surface area contributed by atoms with Crippen molar-refractivity contribution in [1.82, 2.24) is 4.90 Å². The van der Waals surface area contributed by atoms with Gasteiger partial charge in [-0.15, -0.1) is 0 Å². The second-order valence-corrected chi connectivity index (χ2v) is 5.73. The highest BCUT2D eigenvalue weighted by atomic mass is 79.9. The second kappa shape index (κ2) is 5.31. The average molecular weight is 361 g/mol. The number of carbonyl (C=O) groups is 2. The van der Waals surface area contributed by atoms with Gasteiger partial charge in [0.15, 0.2) is 0 Å². The molecule has 1 saturated heterocycles. The molecule has 1 aliphatic heterocycles. The fourth-order valence-electron chi connectivity index (χ4n) is 1.79. The van der Waals surface area contributed by atoms with Gasteiger partial charge < -0.3 is 4.90 Å². The predicted octanol–water partition coefficient (Wildman–Crippen LogP) is 3.02. The molecule has 90 valence electrons. The third-order valence-electron chi connectivity index (χ3n) is 2.77. The molecule has 0 saturated carbocycles. The first-order chi connectivity index (χ1) is 8.08. The van der Waals surface area contributed by atoms with Gasteiger partial charge in [-0.3, -0.25) is 9.59 Å². The molecule has 0 radical (unpaired) electrons. The molecule has 1 aromatic rings. The maximum atomic E-state index is 12.2. The molecule has 5 heteroatoms. The Morgan fingerprint density at radius 2 is 1.82 bits per heavy atom. The predicted molar refractivity (Wildman–Crippen MR) is 72.0 cm³/mol. The summed E-state index contributed by atoms with van der Waals surface area (Å²) in [7, 11) is 0. The second-order valence-electron chi connectivity index (χ2n) is 3.96. The highest BCUT2D eigenvalue weighted by Crippen LogP contribution is 2.23. The van der Waals surface area contributed by atoms with E-state index in [0.717, 1.165) is 8.95 Å². The Hall–Kier alpha value is -0.680. The van der Waals surface area contributed by atoms with Crippen LogP contribution >= 0.6 is 31.9 Å². The number of hydrogen-bond acceptors (Lipinski definition) is 2. The van der Waals surface area contributed by atoms with E-state index in [1.165, 1.54) is 0 Å². The van der Waals surface area contributed by atoms with Gasteiger partial charge >= 0.3 is 0 Å². The SMILES string of the molecule is O=C1CCN(C(=O)c2cc(Br)ccc2Br)CC1. The van der Waals surface area contributed by atoms with Gasteiger partial charge in [0.2, 0.25) is 0 Å². The molecule has 0 atom stereocenters. The van der Waals surface area contributed by atoms with Gasteiger partial charge in [0, 0.05) is 34.9 Å². The fraction of sp³-hybridized carbons (Fsp3) is 0.333. The molecule has 3 nitrogen and oxygen atoms in total. The Bertz CT molecular complexity index is 464. The number of benzene rings is 1. The molecule has 1 amide bonds. The summed E-state index contributed by atoms with van der Waals surface area (Å²) in [4.78, 5) is 25.1. The lowest BCUT2D eigenvalue weighted by Crippen LogP contribution is -2.38. The fourth-order valence-corrected chi connectivity index (χ4v) is 2.57. The Kier molecular flexibility index (Phi) is 3.99. The minimum absolute atomic E-state index is 0.0225. The van der Waals surface area contributed by atoms with Crippen molar-refractivity contribution >= 4 is 43.6 Å². The van der Waals surface area contributed by atoms with E-state index in [-0.39, 0.29) is 11.7 Å². The molecule has 0 N–H and O–H groups in total. The number of carbonyl (C=O) groups excluding carboxylic acids is 2. The van der Waals surface area contributed by atoms with Crippen molar-refractivity contribution in [1.29, 1.82) is 0 Å². The summed E-state index contributed by atoms with van der Waals surface area (Å²) in [5, 5.41) is 0. The van der Waals surface area contributed by atoms with E-state index in [2.05, 4.69) is 31.9 Å². The molecule has 0 bridgehead atoms. The summed E-state index contributed by atoms with van der Waals surface area (Å²) in [5.74, 6) is 0.216. The summed E-state index contributed by atoms with van der Waals surface area (Å²) in [5.41, 5.74) is 0.633. The van der Waals surface area contributed by atoms with Crippen LogP contribution in [0.3, 0.4) is 0 Å². The van der Waals surface area contributed by atoms with Crippen molar-refractivity contribution in [2.45, 2.75) is 12.8 Å². The molecular formula is C12H11Br2NO2. The van der Waals surface area contributed by atoms with E-state index in [9.17, 15) is 9.59 Å². The van der Waals surface area contributed by atoms with Crippen LogP contribution in [-0.2, 0) is 4.79 Å². The number of ketones is 1. The molecule has 1 aromatic carbocycles. The topological polar surface area (TPSA) is 37.4 Å². The standard InChI is InChI=1S/C12H11Br2NO2/c13-8-1-2-11(14)10(7-8)12(17)15-5-3-9(16)4-6-15/h1-2,7H,3-6H2. The van der Waals surface area contributed by atoms with Crippen molar-refractivity contribution in [2.75, 3.05) is 13.1 Å². The van der Waals surface area contributed by atoms with Gasteiger partial charge in [0.25, 0.3) is 5.91 Å². The third-order valence-corrected chi connectivity index (χ3v) is 3.95. The molecule has 0 spiro atoms. The average Bonchev–Trinajstić information content (AvgIpc) is 2.32. The summed E-state index contributed by atoms with van der Waals surface area (Å²) >= 11 is 6.73. The van der Waals surface area contributed by atoms with Gasteiger partial charge in [0.1, 0.15) is 5.78 Å². The van der Waals surface area contributed by atoms with E-state index < -0.39 is 0 Å². The Labute approximate surface area is 116 Å². The van der Waals surface area contributed by atoms with Crippen LogP contribution in [0.25, 0.3) is 0 Å². The van der Waals surface area contributed by atoms with Crippen LogP contribution in [-0.4, -0.2) is 29.7 Å². The maximum Gasteiger partial charge on any atom is 0.255 e. The van der Waals surface area contributed by atoms with Crippen LogP contribution < -0.4 is 0 Å². The first-order valence-corrected chi connectivity index (χ1v) is 6.92. The van der Waals surface area contributed by atoms with Crippen LogP contribution in [0, 0.1) is 0 Å². The highest BCUT2D eigenvalue weighted by Gasteiger charge is 2.23. The van der Waals surface area contributed by atoms with Crippen molar-refractivity contribution in [3.05, 3.63) is 32.7 Å². The van der Waals surface area contributed by atoms with E-state index in [4.69, 9.17) is 0 Å². The van der Waals surface area contributed by atoms with E-state index in [1.54, 1.807) is 11.0 Å². The van der Waals surface area contributed by atoms with E-state index in [0.29, 0.717) is 31.5 Å². The summed E-state index contributed by atoms with van der Waals surface area (Å²) in [6, 6.07) is 5.51. The number of Topliss-reactive ketones (excluding diaryl/α,β-unsaturated/α-hetero) is 1. The number of likely N-dealkylation sites (tertiary alicyclic amines) is 1. The molecule has 0 unspecified atom stereocenters. The number of rotatable bonds is 1. The van der Waals surface area contributed by atoms with Crippen LogP contribution in [0.1, 0.15) is 23.2 Å². The molecule has 2 rings (SSSR count). The van der Waals surface area contributed by atoms with Crippen LogP contribution in [0.5, 0.6) is 0 Å². The zero-order valence-electron chi connectivity index (χ0n) is 9.08. The van der Waals surface area contributed by atoms with Crippen molar-refractivity contribution < 1.29 is 9.59 Å². The van der Waals surface area contributed by atoms with Crippen molar-refractivity contribution in [3.8, 4) is 0 Å². The largest absolute Gasteiger partial charge is 0.338 e. The zero-order valence-corrected chi connectivity index (χ0v) is 12.3. The van der Waals surface area contributed by atoms with E-state index >= 15 is 0 Å². The minimum atomic E-state index is -0.0225. The molecule has 1 fully saturated rings. The van der Waals surface area contributed by atoms with Crippen LogP contribution in [0.15, 0.2) is 27.1 Å². The van der Waals surface area contributed by atoms with Gasteiger partial charge in [-0.05, 0) is 34.1 Å². The summed E-state index contributed by atoms with van der Waals surface area (Å²) in [6.07, 6.45) is 0.939. The lowest BCUT2D eigenvalue weighted by molar-refractivity contribution is -0.120. The highest BCUT2D eigenvalue weighted by molar-refractivity contribution is 9.11. The molecule has 1 aliphatic rings. The third kappa shape index (κ3) is 2.96.